The van der Waals surface area contributed by atoms with E-state index in [2.05, 4.69) is 5.32 Å². The predicted molar refractivity (Wildman–Crippen MR) is 79.0 cm³/mol. The number of likely N-dealkylation sites (tertiary alicyclic amines) is 1. The third kappa shape index (κ3) is 3.55. The zero-order valence-corrected chi connectivity index (χ0v) is 12.2. The maximum atomic E-state index is 12.1. The fourth-order valence-corrected chi connectivity index (χ4v) is 2.49. The van der Waals surface area contributed by atoms with Crippen LogP contribution in [0.3, 0.4) is 0 Å². The molecule has 2 rings (SSSR count). The van der Waals surface area contributed by atoms with Gasteiger partial charge in [-0.1, -0.05) is 23.2 Å². The van der Waals surface area contributed by atoms with Gasteiger partial charge in [0.2, 0.25) is 5.91 Å². The Bertz CT molecular complexity index is 528. The molecular formula is C13H15Cl2N3O2. The van der Waals surface area contributed by atoms with Crippen LogP contribution < -0.4 is 11.1 Å². The lowest BCUT2D eigenvalue weighted by Gasteiger charge is -2.30. The summed E-state index contributed by atoms with van der Waals surface area (Å²) in [7, 11) is 0. The Labute approximate surface area is 127 Å². The van der Waals surface area contributed by atoms with E-state index in [-0.39, 0.29) is 17.9 Å². The zero-order chi connectivity index (χ0) is 14.7. The fourth-order valence-electron chi connectivity index (χ4n) is 2.15. The second kappa shape index (κ2) is 6.33. The zero-order valence-electron chi connectivity index (χ0n) is 10.7. The minimum atomic E-state index is -0.303. The van der Waals surface area contributed by atoms with Crippen molar-refractivity contribution in [1.29, 1.82) is 0 Å². The van der Waals surface area contributed by atoms with Crippen LogP contribution >= 0.6 is 23.2 Å². The summed E-state index contributed by atoms with van der Waals surface area (Å²) >= 11 is 11.9. The van der Waals surface area contributed by atoms with Gasteiger partial charge in [-0.25, -0.2) is 4.79 Å². The maximum absolute atomic E-state index is 12.1. The molecule has 1 aliphatic rings. The molecule has 0 atom stereocenters. The van der Waals surface area contributed by atoms with E-state index in [1.807, 2.05) is 0 Å². The summed E-state index contributed by atoms with van der Waals surface area (Å²) in [6, 6.07) is 4.62. The fraction of sp³-hybridized carbons (Fsp3) is 0.385. The summed E-state index contributed by atoms with van der Waals surface area (Å²) in [5, 5.41) is 3.64. The van der Waals surface area contributed by atoms with Crippen molar-refractivity contribution in [3.8, 4) is 0 Å². The van der Waals surface area contributed by atoms with Gasteiger partial charge in [-0.15, -0.1) is 0 Å². The predicted octanol–water partition coefficient (Wildman–Crippen LogP) is 2.72. The van der Waals surface area contributed by atoms with Crippen molar-refractivity contribution in [2.45, 2.75) is 12.8 Å². The van der Waals surface area contributed by atoms with Crippen LogP contribution in [-0.4, -0.2) is 29.9 Å². The molecule has 0 radical (unpaired) electrons. The van der Waals surface area contributed by atoms with Crippen LogP contribution in [0.25, 0.3) is 0 Å². The average Bonchev–Trinajstić information content (AvgIpc) is 2.43. The number of halogens is 2. The van der Waals surface area contributed by atoms with Crippen LogP contribution in [0.2, 0.25) is 10.0 Å². The van der Waals surface area contributed by atoms with Crippen LogP contribution in [0.1, 0.15) is 12.8 Å². The lowest BCUT2D eigenvalue weighted by atomic mass is 9.96. The first-order valence-electron chi connectivity index (χ1n) is 6.27. The minimum absolute atomic E-state index is 0.145. The summed E-state index contributed by atoms with van der Waals surface area (Å²) in [6.07, 6.45) is 1.18. The molecule has 108 valence electrons. The number of carbonyl (C=O) groups is 2. The Balaban J connectivity index is 1.96. The van der Waals surface area contributed by atoms with Gasteiger partial charge in [0.1, 0.15) is 0 Å². The van der Waals surface area contributed by atoms with Crippen LogP contribution in [0.5, 0.6) is 0 Å². The number of rotatable bonds is 2. The first kappa shape index (κ1) is 14.9. The number of hydrogen-bond donors (Lipinski definition) is 2. The van der Waals surface area contributed by atoms with Gasteiger partial charge in [-0.2, -0.15) is 0 Å². The van der Waals surface area contributed by atoms with Crippen molar-refractivity contribution in [2.24, 2.45) is 11.7 Å². The molecular weight excluding hydrogens is 301 g/mol. The lowest BCUT2D eigenvalue weighted by Crippen LogP contribution is -2.43. The van der Waals surface area contributed by atoms with Crippen molar-refractivity contribution < 1.29 is 9.59 Å². The number of carbonyl (C=O) groups excluding carboxylic acids is 2. The standard InChI is InChI=1S/C13H15Cl2N3O2/c14-9-1-2-10(15)11(7-9)17-13(20)18-5-3-8(4-6-18)12(16)19/h1-2,7-8H,3-6H2,(H2,16,19)(H,17,20). The Morgan fingerprint density at radius 1 is 1.25 bits per heavy atom. The van der Waals surface area contributed by atoms with Gasteiger partial charge in [0.05, 0.1) is 10.7 Å². The SMILES string of the molecule is NC(=O)C1CCN(C(=O)Nc2cc(Cl)ccc2Cl)CC1. The smallest absolute Gasteiger partial charge is 0.321 e. The van der Waals surface area contributed by atoms with Gasteiger partial charge in [-0.3, -0.25) is 4.79 Å². The van der Waals surface area contributed by atoms with E-state index in [0.717, 1.165) is 0 Å². The summed E-state index contributed by atoms with van der Waals surface area (Å²) in [4.78, 5) is 24.8. The van der Waals surface area contributed by atoms with Crippen molar-refractivity contribution in [3.05, 3.63) is 28.2 Å². The second-order valence-electron chi connectivity index (χ2n) is 4.72. The molecule has 1 aromatic rings. The highest BCUT2D eigenvalue weighted by molar-refractivity contribution is 6.35. The van der Waals surface area contributed by atoms with Crippen LogP contribution in [0.4, 0.5) is 10.5 Å². The number of nitrogens with two attached hydrogens (primary N) is 1. The molecule has 1 aromatic carbocycles. The van der Waals surface area contributed by atoms with E-state index < -0.39 is 0 Å². The van der Waals surface area contributed by atoms with E-state index in [4.69, 9.17) is 28.9 Å². The van der Waals surface area contributed by atoms with E-state index in [1.54, 1.807) is 23.1 Å². The number of amides is 3. The van der Waals surface area contributed by atoms with Crippen LogP contribution in [-0.2, 0) is 4.79 Å². The van der Waals surface area contributed by atoms with Crippen molar-refractivity contribution in [3.63, 3.8) is 0 Å². The molecule has 0 unspecified atom stereocenters. The molecule has 1 heterocycles. The third-order valence-electron chi connectivity index (χ3n) is 3.35. The number of benzene rings is 1. The van der Waals surface area contributed by atoms with Gasteiger partial charge in [-0.05, 0) is 31.0 Å². The summed E-state index contributed by atoms with van der Waals surface area (Å²) in [5.74, 6) is -0.447. The third-order valence-corrected chi connectivity index (χ3v) is 3.92. The van der Waals surface area contributed by atoms with Gasteiger partial charge in [0, 0.05) is 24.0 Å². The van der Waals surface area contributed by atoms with Crippen molar-refractivity contribution >= 4 is 40.8 Å². The lowest BCUT2D eigenvalue weighted by molar-refractivity contribution is -0.122. The molecule has 0 aromatic heterocycles. The van der Waals surface area contributed by atoms with E-state index in [1.165, 1.54) is 0 Å². The summed E-state index contributed by atoms with van der Waals surface area (Å²) in [5.41, 5.74) is 5.73. The molecule has 20 heavy (non-hydrogen) atoms. The molecule has 1 fully saturated rings. The number of anilines is 1. The highest BCUT2D eigenvalue weighted by atomic mass is 35.5. The molecule has 7 heteroatoms. The number of nitrogens with one attached hydrogen (secondary N) is 1. The molecule has 5 nitrogen and oxygen atoms in total. The molecule has 3 N–H and O–H groups in total. The van der Waals surface area contributed by atoms with Crippen molar-refractivity contribution in [2.75, 3.05) is 18.4 Å². The summed E-state index contributed by atoms with van der Waals surface area (Å²) < 4.78 is 0. The first-order chi connectivity index (χ1) is 9.47. The molecule has 1 saturated heterocycles. The number of urea groups is 1. The van der Waals surface area contributed by atoms with Crippen LogP contribution in [0.15, 0.2) is 18.2 Å². The van der Waals surface area contributed by atoms with Crippen molar-refractivity contribution in [1.82, 2.24) is 4.90 Å². The maximum Gasteiger partial charge on any atom is 0.321 e. The van der Waals surface area contributed by atoms with Crippen LogP contribution in [0, 0.1) is 5.92 Å². The number of piperidine rings is 1. The highest BCUT2D eigenvalue weighted by Gasteiger charge is 2.26. The molecule has 0 spiro atoms. The molecule has 0 bridgehead atoms. The van der Waals surface area contributed by atoms with Gasteiger partial charge in [0.25, 0.3) is 0 Å². The Morgan fingerprint density at radius 3 is 2.50 bits per heavy atom. The van der Waals surface area contributed by atoms with E-state index >= 15 is 0 Å². The topological polar surface area (TPSA) is 75.4 Å². The quantitative estimate of drug-likeness (QED) is 0.880. The minimum Gasteiger partial charge on any atom is -0.369 e. The molecule has 1 aliphatic heterocycles. The Morgan fingerprint density at radius 2 is 1.90 bits per heavy atom. The normalized spacial score (nSPS) is 16.0. The molecule has 0 saturated carbocycles. The number of hydrogen-bond acceptors (Lipinski definition) is 2. The van der Waals surface area contributed by atoms with Gasteiger partial charge < -0.3 is 16.0 Å². The Kier molecular flexibility index (Phi) is 4.73. The van der Waals surface area contributed by atoms with Gasteiger partial charge >= 0.3 is 6.03 Å². The first-order valence-corrected chi connectivity index (χ1v) is 7.03. The second-order valence-corrected chi connectivity index (χ2v) is 5.56. The average molecular weight is 316 g/mol. The molecule has 3 amide bonds. The molecule has 0 aliphatic carbocycles. The largest absolute Gasteiger partial charge is 0.369 e. The highest BCUT2D eigenvalue weighted by Crippen LogP contribution is 2.26. The van der Waals surface area contributed by atoms with E-state index in [0.29, 0.717) is 41.7 Å². The Hall–Kier alpha value is -1.46. The van der Waals surface area contributed by atoms with Gasteiger partial charge in [0.15, 0.2) is 0 Å². The number of nitrogens with zero attached hydrogens (tertiary/aromatic N) is 1. The number of primary amides is 1. The monoisotopic (exact) mass is 315 g/mol. The summed E-state index contributed by atoms with van der Waals surface area (Å²) in [6.45, 7) is 0.995. The van der Waals surface area contributed by atoms with E-state index in [9.17, 15) is 9.59 Å².